The average Bonchev–Trinajstić information content (AvgIpc) is 2.81. The van der Waals surface area contributed by atoms with Crippen molar-refractivity contribution in [1.29, 1.82) is 0 Å². The molecule has 2 amide bonds. The molecule has 1 aromatic carbocycles. The molecule has 1 saturated carbocycles. The lowest BCUT2D eigenvalue weighted by molar-refractivity contribution is -0.142. The number of carboxylic acid groups (broad SMARTS) is 1. The molecule has 0 saturated heterocycles. The van der Waals surface area contributed by atoms with E-state index >= 15 is 0 Å². The van der Waals surface area contributed by atoms with Crippen molar-refractivity contribution in [3.63, 3.8) is 0 Å². The first-order chi connectivity index (χ1) is 9.47. The summed E-state index contributed by atoms with van der Waals surface area (Å²) < 4.78 is 0. The minimum absolute atomic E-state index is 0.279. The van der Waals surface area contributed by atoms with Gasteiger partial charge < -0.3 is 15.7 Å². The summed E-state index contributed by atoms with van der Waals surface area (Å²) in [6, 6.07) is 5.16. The highest BCUT2D eigenvalue weighted by molar-refractivity contribution is 5.90. The first-order valence-electron chi connectivity index (χ1n) is 6.85. The SMILES string of the molecule is Cc1ccc(NC(=O)NC2CCCC2C(=O)O)c(C)c1. The molecule has 108 valence electrons. The zero-order valence-electron chi connectivity index (χ0n) is 11.8. The number of rotatable bonds is 3. The lowest BCUT2D eigenvalue weighted by Crippen LogP contribution is -2.42. The van der Waals surface area contributed by atoms with Crippen molar-refractivity contribution in [2.45, 2.75) is 39.2 Å². The minimum atomic E-state index is -0.834. The highest BCUT2D eigenvalue weighted by atomic mass is 16.4. The molecule has 5 heteroatoms. The second-order valence-corrected chi connectivity index (χ2v) is 5.40. The fourth-order valence-corrected chi connectivity index (χ4v) is 2.71. The van der Waals surface area contributed by atoms with Crippen LogP contribution in [0.4, 0.5) is 10.5 Å². The van der Waals surface area contributed by atoms with Crippen LogP contribution in [0.5, 0.6) is 0 Å². The van der Waals surface area contributed by atoms with E-state index in [0.717, 1.165) is 29.7 Å². The highest BCUT2D eigenvalue weighted by Gasteiger charge is 2.33. The summed E-state index contributed by atoms with van der Waals surface area (Å²) in [7, 11) is 0. The topological polar surface area (TPSA) is 78.4 Å². The number of hydrogen-bond acceptors (Lipinski definition) is 2. The molecule has 5 nitrogen and oxygen atoms in total. The summed E-state index contributed by atoms with van der Waals surface area (Å²) in [5.41, 5.74) is 2.87. The van der Waals surface area contributed by atoms with Gasteiger partial charge in [0.05, 0.1) is 5.92 Å². The van der Waals surface area contributed by atoms with E-state index in [2.05, 4.69) is 10.6 Å². The normalized spacial score (nSPS) is 21.5. The van der Waals surface area contributed by atoms with Crippen molar-refractivity contribution >= 4 is 17.7 Å². The van der Waals surface area contributed by atoms with Crippen molar-refractivity contribution in [1.82, 2.24) is 5.32 Å². The zero-order valence-corrected chi connectivity index (χ0v) is 11.8. The third kappa shape index (κ3) is 3.29. The smallest absolute Gasteiger partial charge is 0.319 e. The predicted octanol–water partition coefficient (Wildman–Crippen LogP) is 2.68. The van der Waals surface area contributed by atoms with Gasteiger partial charge in [-0.2, -0.15) is 0 Å². The van der Waals surface area contributed by atoms with Crippen LogP contribution in [0.25, 0.3) is 0 Å². The number of urea groups is 1. The Bertz CT molecular complexity index is 528. The number of carbonyl (C=O) groups is 2. The fourth-order valence-electron chi connectivity index (χ4n) is 2.71. The van der Waals surface area contributed by atoms with Gasteiger partial charge in [0.25, 0.3) is 0 Å². The number of nitrogens with one attached hydrogen (secondary N) is 2. The van der Waals surface area contributed by atoms with Gasteiger partial charge in [0, 0.05) is 11.7 Å². The number of benzene rings is 1. The van der Waals surface area contributed by atoms with Crippen molar-refractivity contribution in [3.05, 3.63) is 29.3 Å². The van der Waals surface area contributed by atoms with Crippen LogP contribution in [0.2, 0.25) is 0 Å². The van der Waals surface area contributed by atoms with Gasteiger partial charge in [0.1, 0.15) is 0 Å². The molecule has 1 fully saturated rings. The summed E-state index contributed by atoms with van der Waals surface area (Å²) in [5.74, 6) is -1.31. The van der Waals surface area contributed by atoms with Gasteiger partial charge in [-0.25, -0.2) is 4.79 Å². The first-order valence-corrected chi connectivity index (χ1v) is 6.85. The number of aliphatic carboxylic acids is 1. The largest absolute Gasteiger partial charge is 0.481 e. The predicted molar refractivity (Wildman–Crippen MR) is 76.8 cm³/mol. The number of hydrogen-bond donors (Lipinski definition) is 3. The molecule has 1 aromatic rings. The molecular weight excluding hydrogens is 256 g/mol. The van der Waals surface area contributed by atoms with Crippen LogP contribution in [0.3, 0.4) is 0 Å². The van der Waals surface area contributed by atoms with Gasteiger partial charge in [-0.3, -0.25) is 4.79 Å². The molecule has 0 aliphatic heterocycles. The lowest BCUT2D eigenvalue weighted by atomic mass is 10.0. The molecule has 0 radical (unpaired) electrons. The Morgan fingerprint density at radius 3 is 2.65 bits per heavy atom. The Morgan fingerprint density at radius 2 is 2.00 bits per heavy atom. The third-order valence-electron chi connectivity index (χ3n) is 3.78. The Morgan fingerprint density at radius 1 is 1.25 bits per heavy atom. The van der Waals surface area contributed by atoms with E-state index in [9.17, 15) is 9.59 Å². The van der Waals surface area contributed by atoms with Crippen LogP contribution < -0.4 is 10.6 Å². The molecule has 2 rings (SSSR count). The summed E-state index contributed by atoms with van der Waals surface area (Å²) in [4.78, 5) is 23.0. The second kappa shape index (κ2) is 5.94. The standard InChI is InChI=1S/C15H20N2O3/c1-9-6-7-12(10(2)8-9)16-15(20)17-13-5-3-4-11(13)14(18)19/h6-8,11,13H,3-5H2,1-2H3,(H,18,19)(H2,16,17,20). The van der Waals surface area contributed by atoms with Crippen molar-refractivity contribution in [2.24, 2.45) is 5.92 Å². The summed E-state index contributed by atoms with van der Waals surface area (Å²) in [6.45, 7) is 3.92. The van der Waals surface area contributed by atoms with Gasteiger partial charge in [-0.05, 0) is 38.3 Å². The van der Waals surface area contributed by atoms with Gasteiger partial charge in [-0.15, -0.1) is 0 Å². The van der Waals surface area contributed by atoms with E-state index < -0.39 is 11.9 Å². The molecule has 0 bridgehead atoms. The number of carbonyl (C=O) groups excluding carboxylic acids is 1. The highest BCUT2D eigenvalue weighted by Crippen LogP contribution is 2.26. The maximum atomic E-state index is 12.0. The Hall–Kier alpha value is -2.04. The minimum Gasteiger partial charge on any atom is -0.481 e. The molecule has 2 atom stereocenters. The van der Waals surface area contributed by atoms with E-state index in [0.29, 0.717) is 6.42 Å². The maximum Gasteiger partial charge on any atom is 0.319 e. The molecule has 1 aliphatic rings. The van der Waals surface area contributed by atoms with E-state index in [-0.39, 0.29) is 12.1 Å². The molecule has 3 N–H and O–H groups in total. The van der Waals surface area contributed by atoms with Gasteiger partial charge in [-0.1, -0.05) is 24.1 Å². The van der Waals surface area contributed by atoms with Crippen LogP contribution in [-0.2, 0) is 4.79 Å². The van der Waals surface area contributed by atoms with E-state index in [4.69, 9.17) is 5.11 Å². The van der Waals surface area contributed by atoms with Crippen molar-refractivity contribution in [2.75, 3.05) is 5.32 Å². The van der Waals surface area contributed by atoms with Gasteiger partial charge in [0.15, 0.2) is 0 Å². The molecule has 0 heterocycles. The Labute approximate surface area is 118 Å². The molecular formula is C15H20N2O3. The molecule has 0 aromatic heterocycles. The van der Waals surface area contributed by atoms with Gasteiger partial charge >= 0.3 is 12.0 Å². The van der Waals surface area contributed by atoms with Gasteiger partial charge in [0.2, 0.25) is 0 Å². The summed E-state index contributed by atoms with van der Waals surface area (Å²) in [6.07, 6.45) is 2.19. The van der Waals surface area contributed by atoms with E-state index in [1.165, 1.54) is 0 Å². The van der Waals surface area contributed by atoms with Crippen LogP contribution in [0, 0.1) is 19.8 Å². The second-order valence-electron chi connectivity index (χ2n) is 5.40. The quantitative estimate of drug-likeness (QED) is 0.794. The molecule has 1 aliphatic carbocycles. The number of anilines is 1. The van der Waals surface area contributed by atoms with Crippen LogP contribution in [0.1, 0.15) is 30.4 Å². The zero-order chi connectivity index (χ0) is 14.7. The Balaban J connectivity index is 1.97. The summed E-state index contributed by atoms with van der Waals surface area (Å²) in [5, 5.41) is 14.6. The average molecular weight is 276 g/mol. The van der Waals surface area contributed by atoms with Crippen molar-refractivity contribution < 1.29 is 14.7 Å². The monoisotopic (exact) mass is 276 g/mol. The molecule has 0 spiro atoms. The van der Waals surface area contributed by atoms with E-state index in [1.54, 1.807) is 0 Å². The van der Waals surface area contributed by atoms with Crippen LogP contribution in [0.15, 0.2) is 18.2 Å². The number of amides is 2. The summed E-state index contributed by atoms with van der Waals surface area (Å²) >= 11 is 0. The van der Waals surface area contributed by atoms with Crippen LogP contribution >= 0.6 is 0 Å². The first kappa shape index (κ1) is 14.4. The van der Waals surface area contributed by atoms with E-state index in [1.807, 2.05) is 32.0 Å². The third-order valence-corrected chi connectivity index (χ3v) is 3.78. The molecule has 2 unspecified atom stereocenters. The Kier molecular flexibility index (Phi) is 4.27. The fraction of sp³-hybridized carbons (Fsp3) is 0.467. The lowest BCUT2D eigenvalue weighted by Gasteiger charge is -2.18. The van der Waals surface area contributed by atoms with Crippen LogP contribution in [-0.4, -0.2) is 23.1 Å². The maximum absolute atomic E-state index is 12.0. The van der Waals surface area contributed by atoms with Crippen molar-refractivity contribution in [3.8, 4) is 0 Å². The molecule has 20 heavy (non-hydrogen) atoms. The number of carboxylic acids is 1. The number of aryl methyl sites for hydroxylation is 2.